The number of aryl methyl sites for hydroxylation is 3. The first-order valence-corrected chi connectivity index (χ1v) is 16.1. The van der Waals surface area contributed by atoms with Gasteiger partial charge in [0.05, 0.1) is 10.2 Å². The van der Waals surface area contributed by atoms with Crippen LogP contribution in [0.3, 0.4) is 0 Å². The van der Waals surface area contributed by atoms with Crippen molar-refractivity contribution in [3.8, 4) is 5.75 Å². The Labute approximate surface area is 242 Å². The summed E-state index contributed by atoms with van der Waals surface area (Å²) >= 11 is 7.34. The molecule has 0 saturated heterocycles. The summed E-state index contributed by atoms with van der Waals surface area (Å²) in [7, 11) is -2.67. The molecule has 5 aromatic rings. The molecule has 38 heavy (non-hydrogen) atoms. The van der Waals surface area contributed by atoms with Crippen molar-refractivity contribution in [1.29, 1.82) is 0 Å². The number of hydrogen-bond acceptors (Lipinski definition) is 2. The van der Waals surface area contributed by atoms with Gasteiger partial charge in [0.1, 0.15) is 5.75 Å². The van der Waals surface area contributed by atoms with Crippen LogP contribution in [0, 0.1) is 13.8 Å². The number of aromatic nitrogens is 1. The summed E-state index contributed by atoms with van der Waals surface area (Å²) < 4.78 is 17.1. The highest BCUT2D eigenvalue weighted by Crippen LogP contribution is 2.63. The van der Waals surface area contributed by atoms with E-state index in [2.05, 4.69) is 139 Å². The minimum Gasteiger partial charge on any atom is -0.454 e. The quantitative estimate of drug-likeness (QED) is 0.174. The minimum atomic E-state index is -2.67. The van der Waals surface area contributed by atoms with E-state index in [1.807, 2.05) is 18.2 Å². The smallest absolute Gasteiger partial charge is 0.173 e. The van der Waals surface area contributed by atoms with Crippen molar-refractivity contribution in [2.45, 2.75) is 53.2 Å². The Hall–Kier alpha value is -2.33. The third-order valence-electron chi connectivity index (χ3n) is 7.06. The zero-order chi connectivity index (χ0) is 27.2. The maximum atomic E-state index is 7.19. The molecule has 5 rings (SSSR count). The number of nitrogens with zero attached hydrogens (tertiary/aromatic N) is 2. The van der Waals surface area contributed by atoms with Crippen molar-refractivity contribution >= 4 is 71.9 Å². The highest BCUT2D eigenvalue weighted by molar-refractivity contribution is 9.11. The largest absolute Gasteiger partial charge is 0.454 e. The second kappa shape index (κ2) is 10.3. The number of hydrogen-bond donors (Lipinski definition) is 0. The fraction of sp³-hybridized carbons (Fsp3) is 0.250. The van der Waals surface area contributed by atoms with Gasteiger partial charge in [-0.3, -0.25) is 0 Å². The highest BCUT2D eigenvalue weighted by Gasteiger charge is 2.40. The summed E-state index contributed by atoms with van der Waals surface area (Å²) in [5, 5.41) is 3.34. The van der Waals surface area contributed by atoms with Crippen LogP contribution in [0.25, 0.3) is 21.8 Å². The molecule has 0 saturated carbocycles. The van der Waals surface area contributed by atoms with Gasteiger partial charge in [0, 0.05) is 43.3 Å². The maximum Gasteiger partial charge on any atom is 0.173 e. The van der Waals surface area contributed by atoms with Gasteiger partial charge in [-0.15, -0.1) is 0 Å². The molecule has 0 radical (unpaired) electrons. The first-order valence-electron chi connectivity index (χ1n) is 12.9. The number of halogens is 2. The van der Waals surface area contributed by atoms with Crippen molar-refractivity contribution < 1.29 is 4.52 Å². The second-order valence-electron chi connectivity index (χ2n) is 10.8. The van der Waals surface area contributed by atoms with Gasteiger partial charge in [0.15, 0.2) is 7.28 Å². The van der Waals surface area contributed by atoms with Crippen LogP contribution in [-0.2, 0) is 6.54 Å². The van der Waals surface area contributed by atoms with Crippen molar-refractivity contribution in [2.75, 3.05) is 0 Å². The molecule has 0 spiro atoms. The molecular weight excluding hydrogens is 619 g/mol. The number of para-hydroxylation sites is 1. The van der Waals surface area contributed by atoms with Crippen LogP contribution in [0.5, 0.6) is 5.75 Å². The van der Waals surface area contributed by atoms with E-state index < -0.39 is 7.28 Å². The van der Waals surface area contributed by atoms with Crippen LogP contribution in [0.1, 0.15) is 38.8 Å². The normalized spacial score (nSPS) is 13.6. The third kappa shape index (κ3) is 4.78. The predicted molar refractivity (Wildman–Crippen MR) is 172 cm³/mol. The molecular formula is C32H33Br2N2OP. The lowest BCUT2D eigenvalue weighted by Crippen LogP contribution is -2.27. The third-order valence-corrected chi connectivity index (χ3v) is 11.9. The van der Waals surface area contributed by atoms with E-state index in [4.69, 9.17) is 9.27 Å². The molecule has 0 aliphatic carbocycles. The van der Waals surface area contributed by atoms with Crippen LogP contribution in [0.2, 0.25) is 0 Å². The van der Waals surface area contributed by atoms with Gasteiger partial charge in [-0.2, -0.15) is 0 Å². The Balaban J connectivity index is 1.87. The molecule has 1 heterocycles. The average molecular weight is 652 g/mol. The Kier molecular flexibility index (Phi) is 7.41. The summed E-state index contributed by atoms with van der Waals surface area (Å²) in [6, 6.07) is 28.0. The molecule has 3 nitrogen and oxygen atoms in total. The van der Waals surface area contributed by atoms with Crippen LogP contribution < -0.4 is 9.83 Å². The molecule has 6 heteroatoms. The summed E-state index contributed by atoms with van der Waals surface area (Å²) in [5.74, 6) is 0.793. The van der Waals surface area contributed by atoms with E-state index in [1.165, 1.54) is 27.4 Å². The first kappa shape index (κ1) is 27.2. The molecule has 0 N–H and O–H groups in total. The second-order valence-corrected chi connectivity index (χ2v) is 15.9. The molecule has 0 bridgehead atoms. The molecule has 1 aromatic heterocycles. The van der Waals surface area contributed by atoms with Gasteiger partial charge in [-0.25, -0.2) is 4.74 Å². The van der Waals surface area contributed by atoms with Crippen molar-refractivity contribution in [1.82, 2.24) is 4.57 Å². The Morgan fingerprint density at radius 1 is 0.842 bits per heavy atom. The van der Waals surface area contributed by atoms with Gasteiger partial charge < -0.3 is 9.09 Å². The van der Waals surface area contributed by atoms with E-state index in [1.54, 1.807) is 0 Å². The van der Waals surface area contributed by atoms with Crippen LogP contribution in [-0.4, -0.2) is 9.72 Å². The SMILES string of the molecule is CCn1c2ccccc2c2cc([P@](=Nc3ccc(C)cc3C)(Oc3ccc(Br)cc3Br)C(C)(C)C)ccc21. The van der Waals surface area contributed by atoms with E-state index in [-0.39, 0.29) is 5.16 Å². The number of rotatable bonds is 5. The lowest BCUT2D eigenvalue weighted by atomic mass is 10.1. The van der Waals surface area contributed by atoms with Crippen molar-refractivity contribution in [3.05, 3.63) is 98.9 Å². The fourth-order valence-corrected chi connectivity index (χ4v) is 9.55. The Morgan fingerprint density at radius 3 is 2.26 bits per heavy atom. The van der Waals surface area contributed by atoms with Gasteiger partial charge in [0.25, 0.3) is 0 Å². The molecule has 0 fully saturated rings. The van der Waals surface area contributed by atoms with Gasteiger partial charge >= 0.3 is 0 Å². The van der Waals surface area contributed by atoms with Gasteiger partial charge in [0.2, 0.25) is 0 Å². The van der Waals surface area contributed by atoms with E-state index >= 15 is 0 Å². The average Bonchev–Trinajstić information content (AvgIpc) is 3.19. The lowest BCUT2D eigenvalue weighted by molar-refractivity contribution is 0.568. The molecule has 0 amide bonds. The summed E-state index contributed by atoms with van der Waals surface area (Å²) in [4.78, 5) is 0. The molecule has 0 unspecified atom stereocenters. The Morgan fingerprint density at radius 2 is 1.58 bits per heavy atom. The van der Waals surface area contributed by atoms with Crippen LogP contribution in [0.15, 0.2) is 92.6 Å². The first-order chi connectivity index (χ1) is 18.0. The summed E-state index contributed by atoms with van der Waals surface area (Å²) in [5.41, 5.74) is 5.85. The zero-order valence-corrected chi connectivity index (χ0v) is 26.8. The monoisotopic (exact) mass is 650 g/mol. The fourth-order valence-electron chi connectivity index (χ4n) is 5.14. The molecule has 4 aromatic carbocycles. The zero-order valence-electron chi connectivity index (χ0n) is 22.7. The standard InChI is InChI=1S/C32H33Br2N2OP/c1-7-36-29-11-9-8-10-25(29)26-20-24(14-16-30(26)36)38(32(4,5)6,35-28-15-12-21(2)18-22(28)3)37-31-17-13-23(33)19-27(31)34/h8-20H,7H2,1-6H3/t38-/m0/s1. The van der Waals surface area contributed by atoms with Crippen LogP contribution >= 0.6 is 39.1 Å². The molecule has 0 aliphatic heterocycles. The van der Waals surface area contributed by atoms with E-state index in [9.17, 15) is 0 Å². The van der Waals surface area contributed by atoms with Crippen molar-refractivity contribution in [3.63, 3.8) is 0 Å². The maximum absolute atomic E-state index is 7.19. The highest BCUT2D eigenvalue weighted by atomic mass is 79.9. The molecule has 0 aliphatic rings. The minimum absolute atomic E-state index is 0.284. The lowest BCUT2D eigenvalue weighted by Gasteiger charge is -2.37. The predicted octanol–water partition coefficient (Wildman–Crippen LogP) is 10.9. The van der Waals surface area contributed by atoms with Crippen molar-refractivity contribution in [2.24, 2.45) is 4.74 Å². The topological polar surface area (TPSA) is 26.5 Å². The number of fused-ring (bicyclic) bond motifs is 3. The van der Waals surface area contributed by atoms with E-state index in [0.717, 1.165) is 37.8 Å². The van der Waals surface area contributed by atoms with Crippen LogP contribution in [0.4, 0.5) is 5.69 Å². The number of benzene rings is 4. The molecule has 1 atom stereocenters. The van der Waals surface area contributed by atoms with E-state index in [0.29, 0.717) is 0 Å². The summed E-state index contributed by atoms with van der Waals surface area (Å²) in [6.07, 6.45) is 0. The van der Waals surface area contributed by atoms with Gasteiger partial charge in [-0.05, 0) is 90.8 Å². The molecule has 196 valence electrons. The summed E-state index contributed by atoms with van der Waals surface area (Å²) in [6.45, 7) is 14.1. The van der Waals surface area contributed by atoms with Gasteiger partial charge in [-0.1, -0.05) is 72.6 Å². The Bertz CT molecular complexity index is 1730.